The van der Waals surface area contributed by atoms with Gasteiger partial charge in [-0.05, 0) is 43.7 Å². The molecule has 1 saturated heterocycles. The number of nitrogens with zero attached hydrogens (tertiary/aromatic N) is 5. The lowest BCUT2D eigenvalue weighted by Gasteiger charge is -2.35. The summed E-state index contributed by atoms with van der Waals surface area (Å²) in [6.07, 6.45) is 2.03. The number of benzene rings is 1. The lowest BCUT2D eigenvalue weighted by molar-refractivity contribution is -0.130. The van der Waals surface area contributed by atoms with Crippen molar-refractivity contribution >= 4 is 11.7 Å². The highest BCUT2D eigenvalue weighted by molar-refractivity contribution is 5.79. The first-order chi connectivity index (χ1) is 15.5. The zero-order chi connectivity index (χ0) is 22.5. The Morgan fingerprint density at radius 2 is 1.91 bits per heavy atom. The Morgan fingerprint density at radius 3 is 2.56 bits per heavy atom. The largest absolute Gasteiger partial charge is 0.489 e. The van der Waals surface area contributed by atoms with Gasteiger partial charge in [-0.3, -0.25) is 4.79 Å². The summed E-state index contributed by atoms with van der Waals surface area (Å²) in [6.45, 7) is 6.69. The number of ether oxygens (including phenoxy) is 1. The Bertz CT molecular complexity index is 1110. The number of hydrogen-bond acceptors (Lipinski definition) is 7. The third-order valence-electron chi connectivity index (χ3n) is 5.68. The first-order valence-electron chi connectivity index (χ1n) is 10.6. The summed E-state index contributed by atoms with van der Waals surface area (Å²) in [4.78, 5) is 21.0. The number of rotatable bonds is 6. The van der Waals surface area contributed by atoms with Gasteiger partial charge in [0.15, 0.2) is 0 Å². The summed E-state index contributed by atoms with van der Waals surface area (Å²) in [7, 11) is 0. The topological polar surface area (TPSA) is 95.5 Å². The summed E-state index contributed by atoms with van der Waals surface area (Å²) in [5, 5.41) is 13.2. The second kappa shape index (κ2) is 9.52. The van der Waals surface area contributed by atoms with E-state index in [2.05, 4.69) is 21.1 Å². The first kappa shape index (κ1) is 21.4. The number of anilines is 1. The average Bonchev–Trinajstić information content (AvgIpc) is 3.15. The van der Waals surface area contributed by atoms with E-state index < -0.39 is 0 Å². The molecule has 0 N–H and O–H groups in total. The van der Waals surface area contributed by atoms with Crippen LogP contribution in [0.3, 0.4) is 0 Å². The highest BCUT2D eigenvalue weighted by atomic mass is 16.5. The summed E-state index contributed by atoms with van der Waals surface area (Å²) < 4.78 is 11.0. The van der Waals surface area contributed by atoms with Gasteiger partial charge in [0, 0.05) is 32.4 Å². The van der Waals surface area contributed by atoms with E-state index in [9.17, 15) is 10.1 Å². The van der Waals surface area contributed by atoms with E-state index in [4.69, 9.17) is 9.26 Å². The molecule has 0 bridgehead atoms. The van der Waals surface area contributed by atoms with Crippen molar-refractivity contribution in [3.8, 4) is 11.8 Å². The van der Waals surface area contributed by atoms with Gasteiger partial charge in [0.1, 0.15) is 30.0 Å². The van der Waals surface area contributed by atoms with Crippen LogP contribution in [0.5, 0.6) is 5.75 Å². The Morgan fingerprint density at radius 1 is 1.16 bits per heavy atom. The van der Waals surface area contributed by atoms with Crippen molar-refractivity contribution in [3.63, 3.8) is 0 Å². The molecular formula is C24H25N5O3. The minimum absolute atomic E-state index is 0.0931. The van der Waals surface area contributed by atoms with Crippen LogP contribution in [0.4, 0.5) is 5.82 Å². The number of piperazine rings is 1. The molecule has 1 aromatic carbocycles. The SMILES string of the molecule is Cc1noc(C)c1COc1ccc(CC(=O)N2CCN(c3ncccc3C#N)CC2)cc1. The molecular weight excluding hydrogens is 406 g/mol. The number of nitriles is 1. The van der Waals surface area contributed by atoms with Gasteiger partial charge in [-0.15, -0.1) is 0 Å². The molecule has 4 rings (SSSR count). The normalized spacial score (nSPS) is 13.7. The summed E-state index contributed by atoms with van der Waals surface area (Å²) >= 11 is 0. The quantitative estimate of drug-likeness (QED) is 0.592. The summed E-state index contributed by atoms with van der Waals surface area (Å²) in [5.41, 5.74) is 3.29. The first-order valence-corrected chi connectivity index (χ1v) is 10.6. The summed E-state index contributed by atoms with van der Waals surface area (Å²) in [5.74, 6) is 2.28. The number of aryl methyl sites for hydroxylation is 2. The van der Waals surface area contributed by atoms with Gasteiger partial charge in [0.25, 0.3) is 0 Å². The number of carbonyl (C=O) groups excluding carboxylic acids is 1. The number of aromatic nitrogens is 2. The smallest absolute Gasteiger partial charge is 0.227 e. The maximum atomic E-state index is 12.8. The molecule has 32 heavy (non-hydrogen) atoms. The monoisotopic (exact) mass is 431 g/mol. The van der Waals surface area contributed by atoms with Crippen LogP contribution in [-0.4, -0.2) is 47.1 Å². The van der Waals surface area contributed by atoms with Crippen molar-refractivity contribution in [2.45, 2.75) is 26.9 Å². The molecule has 0 spiro atoms. The third kappa shape index (κ3) is 4.72. The fraction of sp³-hybridized carbons (Fsp3) is 0.333. The van der Waals surface area contributed by atoms with E-state index in [-0.39, 0.29) is 5.91 Å². The highest BCUT2D eigenvalue weighted by Crippen LogP contribution is 2.20. The molecule has 3 aromatic rings. The van der Waals surface area contributed by atoms with Crippen LogP contribution < -0.4 is 9.64 Å². The van der Waals surface area contributed by atoms with Crippen molar-refractivity contribution in [2.75, 3.05) is 31.1 Å². The van der Waals surface area contributed by atoms with E-state index in [0.29, 0.717) is 50.6 Å². The van der Waals surface area contributed by atoms with Gasteiger partial charge < -0.3 is 19.1 Å². The molecule has 1 fully saturated rings. The van der Waals surface area contributed by atoms with Crippen molar-refractivity contribution < 1.29 is 14.1 Å². The zero-order valence-corrected chi connectivity index (χ0v) is 18.2. The number of amides is 1. The third-order valence-corrected chi connectivity index (χ3v) is 5.68. The number of hydrogen-bond donors (Lipinski definition) is 0. The maximum Gasteiger partial charge on any atom is 0.227 e. The Kier molecular flexibility index (Phi) is 6.36. The molecule has 0 atom stereocenters. The van der Waals surface area contributed by atoms with E-state index in [0.717, 1.165) is 28.3 Å². The molecule has 1 aliphatic rings. The van der Waals surface area contributed by atoms with Gasteiger partial charge in [-0.1, -0.05) is 17.3 Å². The van der Waals surface area contributed by atoms with Crippen LogP contribution in [0, 0.1) is 25.2 Å². The van der Waals surface area contributed by atoms with Crippen LogP contribution in [-0.2, 0) is 17.8 Å². The van der Waals surface area contributed by atoms with Crippen LogP contribution in [0.2, 0.25) is 0 Å². The molecule has 0 unspecified atom stereocenters. The molecule has 0 radical (unpaired) electrons. The lowest BCUT2D eigenvalue weighted by atomic mass is 10.1. The van der Waals surface area contributed by atoms with Crippen LogP contribution in [0.1, 0.15) is 28.1 Å². The van der Waals surface area contributed by atoms with Gasteiger partial charge in [-0.25, -0.2) is 4.98 Å². The number of pyridine rings is 1. The predicted octanol–water partition coefficient (Wildman–Crippen LogP) is 3.03. The van der Waals surface area contributed by atoms with Crippen molar-refractivity contribution in [1.29, 1.82) is 5.26 Å². The molecule has 0 aliphatic carbocycles. The predicted molar refractivity (Wildman–Crippen MR) is 118 cm³/mol. The molecule has 0 saturated carbocycles. The fourth-order valence-electron chi connectivity index (χ4n) is 3.76. The molecule has 164 valence electrons. The molecule has 8 heteroatoms. The number of carbonyl (C=O) groups is 1. The Labute approximate surface area is 187 Å². The van der Waals surface area contributed by atoms with E-state index in [1.807, 2.05) is 43.0 Å². The molecule has 2 aromatic heterocycles. The van der Waals surface area contributed by atoms with E-state index in [1.165, 1.54) is 0 Å². The fourth-order valence-corrected chi connectivity index (χ4v) is 3.76. The Hall–Kier alpha value is -3.86. The van der Waals surface area contributed by atoms with Crippen LogP contribution >= 0.6 is 0 Å². The highest BCUT2D eigenvalue weighted by Gasteiger charge is 2.23. The van der Waals surface area contributed by atoms with E-state index >= 15 is 0 Å². The van der Waals surface area contributed by atoms with Crippen molar-refractivity contribution in [3.05, 3.63) is 70.7 Å². The van der Waals surface area contributed by atoms with E-state index in [1.54, 1.807) is 18.3 Å². The minimum Gasteiger partial charge on any atom is -0.489 e. The second-order valence-electron chi connectivity index (χ2n) is 7.77. The molecule has 3 heterocycles. The Balaban J connectivity index is 1.28. The lowest BCUT2D eigenvalue weighted by Crippen LogP contribution is -2.49. The molecule has 1 aliphatic heterocycles. The van der Waals surface area contributed by atoms with Crippen LogP contribution in [0.25, 0.3) is 0 Å². The standard InChI is InChI=1S/C24H25N5O3/c1-17-22(18(2)32-27-17)16-31-21-7-5-19(6-8-21)14-23(30)28-10-12-29(13-11-28)24-20(15-25)4-3-9-26-24/h3-9H,10-14,16H2,1-2H3. The van der Waals surface area contributed by atoms with Gasteiger partial charge in [0.2, 0.25) is 5.91 Å². The van der Waals surface area contributed by atoms with Gasteiger partial charge >= 0.3 is 0 Å². The van der Waals surface area contributed by atoms with Crippen molar-refractivity contribution in [2.24, 2.45) is 0 Å². The molecule has 1 amide bonds. The zero-order valence-electron chi connectivity index (χ0n) is 18.2. The van der Waals surface area contributed by atoms with Crippen molar-refractivity contribution in [1.82, 2.24) is 15.0 Å². The van der Waals surface area contributed by atoms with Gasteiger partial charge in [-0.2, -0.15) is 5.26 Å². The van der Waals surface area contributed by atoms with Gasteiger partial charge in [0.05, 0.1) is 23.2 Å². The average molecular weight is 431 g/mol. The molecule has 8 nitrogen and oxygen atoms in total. The maximum absolute atomic E-state index is 12.8. The second-order valence-corrected chi connectivity index (χ2v) is 7.77. The summed E-state index contributed by atoms with van der Waals surface area (Å²) in [6, 6.07) is 13.3. The van der Waals surface area contributed by atoms with Crippen LogP contribution in [0.15, 0.2) is 47.1 Å². The minimum atomic E-state index is 0.0931.